The number of benzene rings is 2. The lowest BCUT2D eigenvalue weighted by atomic mass is 10.2. The maximum absolute atomic E-state index is 13.4. The van der Waals surface area contributed by atoms with Gasteiger partial charge in [-0.2, -0.15) is 0 Å². The minimum atomic E-state index is -0.755. The van der Waals surface area contributed by atoms with Crippen LogP contribution in [-0.2, 0) is 0 Å². The van der Waals surface area contributed by atoms with Crippen LogP contribution in [0.1, 0.15) is 44.0 Å². The number of pyridine rings is 2. The van der Waals surface area contributed by atoms with E-state index in [0.717, 1.165) is 28.6 Å². The van der Waals surface area contributed by atoms with E-state index >= 15 is 0 Å². The number of aromatic nitrogens is 4. The molecule has 1 amide bonds. The van der Waals surface area contributed by atoms with Crippen molar-refractivity contribution in [1.29, 1.82) is 0 Å². The zero-order valence-corrected chi connectivity index (χ0v) is 31.6. The topological polar surface area (TPSA) is 150 Å². The lowest BCUT2D eigenvalue weighted by molar-refractivity contribution is 0.102. The zero-order valence-electron chi connectivity index (χ0n) is 27.8. The third-order valence-corrected chi connectivity index (χ3v) is 7.48. The van der Waals surface area contributed by atoms with Crippen LogP contribution in [0.5, 0.6) is 0 Å². The van der Waals surface area contributed by atoms with Gasteiger partial charge in [-0.15, -0.1) is 23.2 Å². The van der Waals surface area contributed by atoms with Gasteiger partial charge in [-0.1, -0.05) is 35.3 Å². The molecule has 17 heteroatoms. The number of carbonyl (C=O) groups excluding carboxylic acids is 2. The number of amides is 1. The molecule has 0 saturated carbocycles. The molecule has 272 valence electrons. The number of carbonyl (C=O) groups is 2. The molecule has 10 nitrogen and oxygen atoms in total. The van der Waals surface area contributed by atoms with Crippen molar-refractivity contribution in [3.05, 3.63) is 129 Å². The lowest BCUT2D eigenvalue weighted by Crippen LogP contribution is -2.13. The molecule has 0 aliphatic rings. The SMILES string of the molecule is Cc1nc(-c2ccc(N)nc2)c(C)o1.Cc1nc(-c2ccc(NC(=O)c3cccc(F)c3Cl)nc2)c(C)o1.ClCCl.O=C(Cl)c1cccc(F)c1Cl. The van der Waals surface area contributed by atoms with E-state index in [-0.39, 0.29) is 26.5 Å². The van der Waals surface area contributed by atoms with Crippen LogP contribution in [0.3, 0.4) is 0 Å². The van der Waals surface area contributed by atoms with Crippen LogP contribution >= 0.6 is 58.0 Å². The van der Waals surface area contributed by atoms with Crippen LogP contribution in [0.15, 0.2) is 81.9 Å². The van der Waals surface area contributed by atoms with Crippen molar-refractivity contribution in [2.24, 2.45) is 0 Å². The van der Waals surface area contributed by atoms with Gasteiger partial charge in [0.2, 0.25) is 0 Å². The van der Waals surface area contributed by atoms with E-state index in [1.807, 2.05) is 26.8 Å². The Balaban J connectivity index is 0.000000220. The van der Waals surface area contributed by atoms with E-state index in [1.54, 1.807) is 37.5 Å². The fourth-order valence-electron chi connectivity index (χ4n) is 4.27. The molecule has 0 radical (unpaired) electrons. The standard InChI is InChI=1S/C17H13ClFN3O2.C10H11N3O.C7H3Cl2FO.CH2Cl2/c1-9-16(21-10(2)24-9)11-6-7-14(20-8-11)22-17(23)12-4-3-5-13(19)15(12)18;1-6-10(13-7(2)14-6)8-3-4-9(11)12-5-8;8-6-4(7(9)11)2-1-3-5(6)10;2-1-3/h3-8H,1-2H3,(H,20,22,23);3-5H,1-2H3,(H2,11,12);1-3H;1H2. The van der Waals surface area contributed by atoms with E-state index < -0.39 is 22.8 Å². The molecule has 6 rings (SSSR count). The number of nitrogen functional groups attached to an aromatic ring is 1. The molecule has 0 aliphatic carbocycles. The minimum Gasteiger partial charge on any atom is -0.446 e. The van der Waals surface area contributed by atoms with Gasteiger partial charge in [0.05, 0.1) is 26.5 Å². The molecule has 0 spiro atoms. The van der Waals surface area contributed by atoms with E-state index in [1.165, 1.54) is 30.3 Å². The summed E-state index contributed by atoms with van der Waals surface area (Å²) in [6, 6.07) is 15.0. The largest absolute Gasteiger partial charge is 0.446 e. The molecule has 0 unspecified atom stereocenters. The molecule has 4 aromatic heterocycles. The summed E-state index contributed by atoms with van der Waals surface area (Å²) in [6.07, 6.45) is 3.27. The first-order valence-corrected chi connectivity index (χ1v) is 16.9. The summed E-state index contributed by atoms with van der Waals surface area (Å²) in [5.41, 5.74) is 8.76. The summed E-state index contributed by atoms with van der Waals surface area (Å²) in [6.45, 7) is 7.28. The zero-order chi connectivity index (χ0) is 38.5. The Kier molecular flexibility index (Phi) is 16.0. The Hall–Kier alpha value is -4.59. The summed E-state index contributed by atoms with van der Waals surface area (Å²) in [5, 5.41) is 1.57. The molecule has 52 heavy (non-hydrogen) atoms. The maximum Gasteiger partial charge on any atom is 0.258 e. The van der Waals surface area contributed by atoms with E-state index in [2.05, 4.69) is 25.3 Å². The number of halogens is 7. The van der Waals surface area contributed by atoms with Gasteiger partial charge in [0.25, 0.3) is 11.1 Å². The van der Waals surface area contributed by atoms with Crippen molar-refractivity contribution < 1.29 is 27.2 Å². The summed E-state index contributed by atoms with van der Waals surface area (Å²) in [5.74, 6) is 1.73. The van der Waals surface area contributed by atoms with Crippen LogP contribution < -0.4 is 11.1 Å². The molecule has 0 bridgehead atoms. The highest BCUT2D eigenvalue weighted by atomic mass is 35.5. The molecule has 6 aromatic rings. The number of anilines is 2. The number of alkyl halides is 2. The van der Waals surface area contributed by atoms with Gasteiger partial charge in [0, 0.05) is 37.4 Å². The number of hydrogen-bond donors (Lipinski definition) is 2. The molecule has 2 aromatic carbocycles. The van der Waals surface area contributed by atoms with Crippen molar-refractivity contribution in [3.63, 3.8) is 0 Å². The number of oxazole rings is 2. The summed E-state index contributed by atoms with van der Waals surface area (Å²) >= 11 is 25.8. The van der Waals surface area contributed by atoms with Crippen LogP contribution in [0.4, 0.5) is 20.4 Å². The first-order valence-electron chi connectivity index (χ1n) is 14.7. The van der Waals surface area contributed by atoms with Gasteiger partial charge in [-0.3, -0.25) is 9.59 Å². The first-order chi connectivity index (χ1) is 24.7. The summed E-state index contributed by atoms with van der Waals surface area (Å²) < 4.78 is 36.7. The van der Waals surface area contributed by atoms with Gasteiger partial charge >= 0.3 is 0 Å². The smallest absolute Gasteiger partial charge is 0.258 e. The Morgan fingerprint density at radius 3 is 1.58 bits per heavy atom. The quantitative estimate of drug-likeness (QED) is 0.128. The second-order valence-electron chi connectivity index (χ2n) is 10.2. The second-order valence-corrected chi connectivity index (χ2v) is 12.1. The third-order valence-electron chi connectivity index (χ3n) is 6.50. The fraction of sp³-hybridized carbons (Fsp3) is 0.143. The van der Waals surface area contributed by atoms with Crippen LogP contribution in [0, 0.1) is 39.3 Å². The fourth-order valence-corrected chi connectivity index (χ4v) is 4.89. The molecular weight excluding hydrogens is 784 g/mol. The van der Waals surface area contributed by atoms with Crippen LogP contribution in [0.25, 0.3) is 22.5 Å². The van der Waals surface area contributed by atoms with Crippen molar-refractivity contribution in [1.82, 2.24) is 19.9 Å². The van der Waals surface area contributed by atoms with Crippen molar-refractivity contribution in [3.8, 4) is 22.5 Å². The highest BCUT2D eigenvalue weighted by molar-refractivity contribution is 6.68. The molecule has 0 atom stereocenters. The van der Waals surface area contributed by atoms with Gasteiger partial charge in [0.1, 0.15) is 46.2 Å². The van der Waals surface area contributed by atoms with Gasteiger partial charge in [0.15, 0.2) is 11.8 Å². The van der Waals surface area contributed by atoms with Crippen molar-refractivity contribution in [2.75, 3.05) is 16.4 Å². The molecule has 0 aliphatic heterocycles. The Bertz CT molecular complexity index is 2130. The Morgan fingerprint density at radius 2 is 1.19 bits per heavy atom. The second kappa shape index (κ2) is 19.9. The number of nitrogens with zero attached hydrogens (tertiary/aromatic N) is 4. The molecule has 4 heterocycles. The van der Waals surface area contributed by atoms with Gasteiger partial charge in [-0.05, 0) is 74.0 Å². The van der Waals surface area contributed by atoms with E-state index in [4.69, 9.17) is 72.6 Å². The van der Waals surface area contributed by atoms with Crippen molar-refractivity contribution in [2.45, 2.75) is 27.7 Å². The number of hydrogen-bond acceptors (Lipinski definition) is 9. The van der Waals surface area contributed by atoms with Gasteiger partial charge in [-0.25, -0.2) is 28.7 Å². The van der Waals surface area contributed by atoms with Crippen LogP contribution in [-0.4, -0.2) is 36.4 Å². The molecule has 0 fully saturated rings. The minimum absolute atomic E-state index is 0.00617. The average Bonchev–Trinajstić information content (AvgIpc) is 3.63. The summed E-state index contributed by atoms with van der Waals surface area (Å²) in [4.78, 5) is 39.4. The average molecular weight is 813 g/mol. The number of aryl methyl sites for hydroxylation is 4. The first kappa shape index (κ1) is 41.8. The van der Waals surface area contributed by atoms with Crippen LogP contribution in [0.2, 0.25) is 10.0 Å². The molecule has 3 N–H and O–H groups in total. The van der Waals surface area contributed by atoms with Gasteiger partial charge < -0.3 is 19.9 Å². The molecular formula is C35H29Cl5F2N6O4. The third kappa shape index (κ3) is 11.7. The van der Waals surface area contributed by atoms with Crippen molar-refractivity contribution >= 4 is 80.8 Å². The molecule has 0 saturated heterocycles. The predicted molar refractivity (Wildman–Crippen MR) is 200 cm³/mol. The van der Waals surface area contributed by atoms with E-state index in [0.29, 0.717) is 34.9 Å². The Morgan fingerprint density at radius 1 is 0.731 bits per heavy atom. The highest BCUT2D eigenvalue weighted by Crippen LogP contribution is 2.25. The number of nitrogens with one attached hydrogen (secondary N) is 1. The van der Waals surface area contributed by atoms with E-state index in [9.17, 15) is 18.4 Å². The predicted octanol–water partition coefficient (Wildman–Crippen LogP) is 10.6. The lowest BCUT2D eigenvalue weighted by Gasteiger charge is -2.07. The normalized spacial score (nSPS) is 10.1. The summed E-state index contributed by atoms with van der Waals surface area (Å²) in [7, 11) is 0. The Labute approximate surface area is 322 Å². The highest BCUT2D eigenvalue weighted by Gasteiger charge is 2.15. The monoisotopic (exact) mass is 810 g/mol. The number of rotatable bonds is 5. The maximum atomic E-state index is 13.4. The number of nitrogens with two attached hydrogens (primary N) is 1.